The highest BCUT2D eigenvalue weighted by Gasteiger charge is 2.64. The van der Waals surface area contributed by atoms with Crippen molar-refractivity contribution < 1.29 is 87.5 Å². The Kier molecular flexibility index (Phi) is 15.6. The number of rotatable bonds is 12. The highest BCUT2D eigenvalue weighted by molar-refractivity contribution is 5.68. The summed E-state index contributed by atoms with van der Waals surface area (Å²) in [5.41, 5.74) is -1.64. The maximum atomic E-state index is 12.2. The van der Waals surface area contributed by atoms with Gasteiger partial charge in [0.2, 0.25) is 0 Å². The number of aliphatic carboxylic acids is 1. The largest absolute Gasteiger partial charge is 0.481 e. The highest BCUT2D eigenvalue weighted by Crippen LogP contribution is 2.55. The standard InChI is InChI=1S/C50H84O18/c1-24-20-25(2)48(10,56)65-40(24)34-21-35(61-38-14-12-31(51)29(6)59-38)45(62-34)47(9)17-16-36(64-47)46(8)18-19-49(68-46)22-33(53)26(3)41(66-49)27(4)42-44(58-11)43(28(5)50(57,67-42)23-37(54)55)63-39-15-13-32(52)30(7)60-39/h24-36,38-45,51-53,56-57H,12-23H2,1-11H3,(H,54,55)/t24-,25+,26+,27+,28-,29+,30+,31-,32-,33-,34+,35?,36+,38?,39?,40-,41-,42-,43-,44-,45+,46-,47-,48-,49+,50+/m0/s1. The number of methoxy groups -OCH3 is 1. The van der Waals surface area contributed by atoms with E-state index in [1.807, 2.05) is 34.6 Å². The van der Waals surface area contributed by atoms with Gasteiger partial charge in [-0.15, -0.1) is 0 Å². The minimum Gasteiger partial charge on any atom is -0.481 e. The van der Waals surface area contributed by atoms with Crippen LogP contribution in [0.1, 0.15) is 146 Å². The quantitative estimate of drug-likeness (QED) is 0.160. The number of hydrogen-bond donors (Lipinski definition) is 6. The van der Waals surface area contributed by atoms with Crippen molar-refractivity contribution in [1.29, 1.82) is 0 Å². The predicted octanol–water partition coefficient (Wildman–Crippen LogP) is 4.29. The van der Waals surface area contributed by atoms with Gasteiger partial charge in [0.25, 0.3) is 0 Å². The Hall–Kier alpha value is -1.17. The van der Waals surface area contributed by atoms with Gasteiger partial charge in [0, 0.05) is 62.9 Å². The van der Waals surface area contributed by atoms with Crippen molar-refractivity contribution in [2.45, 2.75) is 273 Å². The minimum absolute atomic E-state index is 0.0466. The van der Waals surface area contributed by atoms with E-state index in [9.17, 15) is 35.4 Å². The Morgan fingerprint density at radius 3 is 1.99 bits per heavy atom. The molecule has 8 heterocycles. The molecular weight excluding hydrogens is 889 g/mol. The van der Waals surface area contributed by atoms with E-state index in [1.165, 1.54) is 7.11 Å². The molecule has 0 bridgehead atoms. The van der Waals surface area contributed by atoms with Crippen LogP contribution in [0.3, 0.4) is 0 Å². The van der Waals surface area contributed by atoms with Crippen LogP contribution in [0.4, 0.5) is 0 Å². The lowest BCUT2D eigenvalue weighted by molar-refractivity contribution is -0.377. The fourth-order valence-corrected chi connectivity index (χ4v) is 13.1. The van der Waals surface area contributed by atoms with E-state index in [1.54, 1.807) is 20.8 Å². The molecule has 0 radical (unpaired) electrons. The fraction of sp³-hybridized carbons (Fsp3) is 0.980. The van der Waals surface area contributed by atoms with Gasteiger partial charge in [-0.25, -0.2) is 0 Å². The van der Waals surface area contributed by atoms with Gasteiger partial charge in [-0.1, -0.05) is 34.6 Å². The van der Waals surface area contributed by atoms with Gasteiger partial charge in [-0.2, -0.15) is 0 Å². The summed E-state index contributed by atoms with van der Waals surface area (Å²) < 4.78 is 72.7. The van der Waals surface area contributed by atoms with E-state index in [0.29, 0.717) is 57.8 Å². The monoisotopic (exact) mass is 973 g/mol. The van der Waals surface area contributed by atoms with Crippen molar-refractivity contribution in [3.8, 4) is 0 Å². The number of aliphatic hydroxyl groups is 5. The second-order valence-corrected chi connectivity index (χ2v) is 23.0. The minimum atomic E-state index is -2.15. The molecule has 0 aromatic rings. The van der Waals surface area contributed by atoms with Crippen LogP contribution in [0, 0.1) is 29.6 Å². The number of carboxylic acids is 1. The van der Waals surface area contributed by atoms with E-state index >= 15 is 0 Å². The predicted molar refractivity (Wildman–Crippen MR) is 240 cm³/mol. The molecule has 1 spiro atoms. The fourth-order valence-electron chi connectivity index (χ4n) is 13.1. The second-order valence-electron chi connectivity index (χ2n) is 23.0. The molecule has 18 nitrogen and oxygen atoms in total. The molecule has 0 saturated carbocycles. The molecule has 8 saturated heterocycles. The second kappa shape index (κ2) is 19.9. The molecule has 6 N–H and O–H groups in total. The van der Waals surface area contributed by atoms with E-state index in [-0.39, 0.29) is 42.7 Å². The van der Waals surface area contributed by atoms with Crippen molar-refractivity contribution in [1.82, 2.24) is 0 Å². The molecule has 8 rings (SSSR count). The molecule has 18 heteroatoms. The lowest BCUT2D eigenvalue weighted by atomic mass is 9.75. The third-order valence-corrected chi connectivity index (χ3v) is 17.8. The van der Waals surface area contributed by atoms with Gasteiger partial charge in [0.1, 0.15) is 12.2 Å². The Morgan fingerprint density at radius 2 is 1.37 bits per heavy atom. The Morgan fingerprint density at radius 1 is 0.721 bits per heavy atom. The first-order valence-electron chi connectivity index (χ1n) is 25.7. The molecule has 8 fully saturated rings. The molecule has 8 aliphatic heterocycles. The zero-order valence-electron chi connectivity index (χ0n) is 42.2. The number of carboxylic acid groups (broad SMARTS) is 1. The summed E-state index contributed by atoms with van der Waals surface area (Å²) in [5.74, 6) is -7.68. The van der Waals surface area contributed by atoms with Gasteiger partial charge in [0.15, 0.2) is 29.9 Å². The molecule has 68 heavy (non-hydrogen) atoms. The molecule has 3 unspecified atom stereocenters. The van der Waals surface area contributed by atoms with Crippen LogP contribution in [0.5, 0.6) is 0 Å². The smallest absolute Gasteiger partial charge is 0.308 e. The molecular formula is C50H84O18. The summed E-state index contributed by atoms with van der Waals surface area (Å²) in [7, 11) is 1.52. The average molecular weight is 973 g/mol. The third-order valence-electron chi connectivity index (χ3n) is 17.8. The van der Waals surface area contributed by atoms with Crippen LogP contribution >= 0.6 is 0 Å². The first-order chi connectivity index (χ1) is 31.8. The average Bonchev–Trinajstić information content (AvgIpc) is 3.98. The van der Waals surface area contributed by atoms with Gasteiger partial charge in [0.05, 0.1) is 90.9 Å². The van der Waals surface area contributed by atoms with Crippen LogP contribution in [0.15, 0.2) is 0 Å². The third kappa shape index (κ3) is 10.3. The summed E-state index contributed by atoms with van der Waals surface area (Å²) in [6, 6.07) is 0. The van der Waals surface area contributed by atoms with Crippen molar-refractivity contribution in [3.05, 3.63) is 0 Å². The zero-order chi connectivity index (χ0) is 49.5. The SMILES string of the molecule is CO[C@@H]1[C@@H](OC2CC[C@H](O)[C@@H](C)O2)[C@H](C)[C@@](O)(CC(=O)O)O[C@H]1[C@H](C)[C@H]1O[C@@]2(CC[C@@](C)([C@H]3CC[C@@](C)([C@@H]4O[C@@H]([C@H]5O[C@](C)(O)[C@H](C)C[C@@H]5C)CC4OC4CC[C@H](O)[C@@H](C)O4)O3)O2)C[C@H](O)[C@H]1C. The van der Waals surface area contributed by atoms with Gasteiger partial charge < -0.3 is 82.7 Å². The Labute approximate surface area is 402 Å². The molecule has 8 aliphatic rings. The van der Waals surface area contributed by atoms with Gasteiger partial charge >= 0.3 is 5.97 Å². The van der Waals surface area contributed by atoms with Crippen LogP contribution in [0.2, 0.25) is 0 Å². The lowest BCUT2D eigenvalue weighted by Crippen LogP contribution is -2.66. The summed E-state index contributed by atoms with van der Waals surface area (Å²) in [6.07, 6.45) is -4.52. The first-order valence-corrected chi connectivity index (χ1v) is 25.7. The first kappa shape index (κ1) is 53.1. The molecule has 0 aromatic heterocycles. The van der Waals surface area contributed by atoms with Crippen LogP contribution in [-0.4, -0.2) is 170 Å². The summed E-state index contributed by atoms with van der Waals surface area (Å²) in [5, 5.41) is 65.8. The van der Waals surface area contributed by atoms with Crippen molar-refractivity contribution in [2.24, 2.45) is 29.6 Å². The number of hydrogen-bond acceptors (Lipinski definition) is 17. The normalized spacial score (nSPS) is 55.1. The van der Waals surface area contributed by atoms with Crippen LogP contribution in [-0.2, 0) is 56.9 Å². The van der Waals surface area contributed by atoms with Crippen molar-refractivity contribution in [3.63, 3.8) is 0 Å². The van der Waals surface area contributed by atoms with Crippen LogP contribution < -0.4 is 0 Å². The maximum absolute atomic E-state index is 12.2. The number of ether oxygens (including phenoxy) is 11. The molecule has 392 valence electrons. The van der Waals surface area contributed by atoms with E-state index in [4.69, 9.17) is 52.1 Å². The van der Waals surface area contributed by atoms with Gasteiger partial charge in [-0.3, -0.25) is 4.79 Å². The van der Waals surface area contributed by atoms with Crippen LogP contribution in [0.25, 0.3) is 0 Å². The van der Waals surface area contributed by atoms with Crippen molar-refractivity contribution in [2.75, 3.05) is 7.11 Å². The van der Waals surface area contributed by atoms with E-state index < -0.39 is 132 Å². The number of aliphatic hydroxyl groups excluding tert-OH is 3. The lowest BCUT2D eigenvalue weighted by Gasteiger charge is -2.54. The molecule has 0 aromatic carbocycles. The van der Waals surface area contributed by atoms with Crippen molar-refractivity contribution >= 4 is 5.97 Å². The maximum Gasteiger partial charge on any atom is 0.308 e. The van der Waals surface area contributed by atoms with E-state index in [0.717, 1.165) is 6.42 Å². The zero-order valence-corrected chi connectivity index (χ0v) is 42.2. The van der Waals surface area contributed by atoms with Gasteiger partial charge in [-0.05, 0) is 79.1 Å². The summed E-state index contributed by atoms with van der Waals surface area (Å²) in [4.78, 5) is 12.2. The highest BCUT2D eigenvalue weighted by atomic mass is 16.7. The summed E-state index contributed by atoms with van der Waals surface area (Å²) >= 11 is 0. The number of carbonyl (C=O) groups is 1. The van der Waals surface area contributed by atoms with E-state index in [2.05, 4.69) is 13.8 Å². The Bertz CT molecular complexity index is 1740. The topological polar surface area (TPSA) is 240 Å². The molecule has 26 atom stereocenters. The Balaban J connectivity index is 0.993. The molecule has 0 amide bonds. The summed E-state index contributed by atoms with van der Waals surface area (Å²) in [6.45, 7) is 19.0. The molecule has 0 aliphatic carbocycles.